The summed E-state index contributed by atoms with van der Waals surface area (Å²) in [6.45, 7) is 3.41. The Morgan fingerprint density at radius 3 is 2.50 bits per heavy atom. The molecular weight excluding hydrogens is 280 g/mol. The van der Waals surface area contributed by atoms with Gasteiger partial charge in [0, 0.05) is 18.7 Å². The summed E-state index contributed by atoms with van der Waals surface area (Å²) in [5.74, 6) is 0.887. The van der Waals surface area contributed by atoms with Crippen molar-refractivity contribution in [2.45, 2.75) is 25.8 Å². The van der Waals surface area contributed by atoms with Crippen LogP contribution in [0.15, 0.2) is 30.6 Å². The van der Waals surface area contributed by atoms with Gasteiger partial charge in [0.1, 0.15) is 5.75 Å². The van der Waals surface area contributed by atoms with Crippen molar-refractivity contribution in [2.75, 3.05) is 20.2 Å². The van der Waals surface area contributed by atoms with Crippen molar-refractivity contribution in [3.8, 4) is 5.75 Å². The summed E-state index contributed by atoms with van der Waals surface area (Å²) >= 11 is 0. The molecule has 1 saturated heterocycles. The van der Waals surface area contributed by atoms with Crippen molar-refractivity contribution in [3.05, 3.63) is 41.7 Å². The second-order valence-corrected chi connectivity index (χ2v) is 5.56. The predicted molar refractivity (Wildman–Crippen MR) is 81.9 cm³/mol. The van der Waals surface area contributed by atoms with Gasteiger partial charge in [-0.2, -0.15) is 15.0 Å². The standard InChI is InChI=1S/C16H20N4O2/c1-12-11-13(3-4-15(12)22-2)16(21)19-9-5-14(6-10-19)20-17-7-8-18-20/h3-4,7-8,11,14H,5-6,9-10H2,1-2H3. The lowest BCUT2D eigenvalue weighted by Crippen LogP contribution is -2.39. The summed E-state index contributed by atoms with van der Waals surface area (Å²) in [7, 11) is 1.64. The molecule has 0 unspecified atom stereocenters. The molecule has 1 aliphatic rings. The number of rotatable bonds is 3. The summed E-state index contributed by atoms with van der Waals surface area (Å²) in [5, 5.41) is 8.37. The Hall–Kier alpha value is -2.37. The summed E-state index contributed by atoms with van der Waals surface area (Å²) in [6, 6.07) is 5.86. The molecule has 1 fully saturated rings. The Morgan fingerprint density at radius 2 is 1.91 bits per heavy atom. The summed E-state index contributed by atoms with van der Waals surface area (Å²) in [5.41, 5.74) is 1.69. The van der Waals surface area contributed by atoms with E-state index in [9.17, 15) is 4.79 Å². The van der Waals surface area contributed by atoms with E-state index >= 15 is 0 Å². The van der Waals surface area contributed by atoms with Gasteiger partial charge in [0.15, 0.2) is 0 Å². The fourth-order valence-corrected chi connectivity index (χ4v) is 2.91. The minimum atomic E-state index is 0.0811. The molecule has 22 heavy (non-hydrogen) atoms. The fraction of sp³-hybridized carbons (Fsp3) is 0.438. The Balaban J connectivity index is 1.65. The molecule has 1 aromatic heterocycles. The highest BCUT2D eigenvalue weighted by Gasteiger charge is 2.25. The molecule has 6 nitrogen and oxygen atoms in total. The largest absolute Gasteiger partial charge is 0.496 e. The molecule has 0 spiro atoms. The topological polar surface area (TPSA) is 60.2 Å². The number of carbonyl (C=O) groups excluding carboxylic acids is 1. The van der Waals surface area contributed by atoms with E-state index in [2.05, 4.69) is 10.2 Å². The van der Waals surface area contributed by atoms with Crippen LogP contribution in [0.1, 0.15) is 34.8 Å². The Morgan fingerprint density at radius 1 is 1.23 bits per heavy atom. The highest BCUT2D eigenvalue weighted by atomic mass is 16.5. The van der Waals surface area contributed by atoms with Gasteiger partial charge in [-0.3, -0.25) is 4.79 Å². The Kier molecular flexibility index (Phi) is 4.09. The number of likely N-dealkylation sites (tertiary alicyclic amines) is 1. The maximum absolute atomic E-state index is 12.6. The molecule has 2 heterocycles. The lowest BCUT2D eigenvalue weighted by atomic mass is 10.0. The average Bonchev–Trinajstić information content (AvgIpc) is 3.09. The zero-order valence-electron chi connectivity index (χ0n) is 12.9. The van der Waals surface area contributed by atoms with Crippen LogP contribution < -0.4 is 4.74 Å². The first-order chi connectivity index (χ1) is 10.7. The number of benzene rings is 1. The molecule has 3 rings (SSSR count). The molecule has 116 valence electrons. The van der Waals surface area contributed by atoms with E-state index in [0.717, 1.165) is 37.2 Å². The van der Waals surface area contributed by atoms with E-state index in [1.807, 2.05) is 30.0 Å². The quantitative estimate of drug-likeness (QED) is 0.870. The van der Waals surface area contributed by atoms with Crippen molar-refractivity contribution in [1.29, 1.82) is 0 Å². The van der Waals surface area contributed by atoms with E-state index in [1.165, 1.54) is 0 Å². The van der Waals surface area contributed by atoms with Crippen LogP contribution in [0.5, 0.6) is 5.75 Å². The van der Waals surface area contributed by atoms with Gasteiger partial charge >= 0.3 is 0 Å². The number of methoxy groups -OCH3 is 1. The SMILES string of the molecule is COc1ccc(C(=O)N2CCC(n3nccn3)CC2)cc1C. The first-order valence-electron chi connectivity index (χ1n) is 7.49. The van der Waals surface area contributed by atoms with E-state index in [4.69, 9.17) is 4.74 Å². The zero-order chi connectivity index (χ0) is 15.5. The number of ether oxygens (including phenoxy) is 1. The minimum absolute atomic E-state index is 0.0811. The van der Waals surface area contributed by atoms with Gasteiger partial charge < -0.3 is 9.64 Å². The maximum atomic E-state index is 12.6. The zero-order valence-corrected chi connectivity index (χ0v) is 12.9. The lowest BCUT2D eigenvalue weighted by Gasteiger charge is -2.31. The van der Waals surface area contributed by atoms with Crippen LogP contribution in [0.2, 0.25) is 0 Å². The van der Waals surface area contributed by atoms with Crippen molar-refractivity contribution in [3.63, 3.8) is 0 Å². The van der Waals surface area contributed by atoms with Crippen molar-refractivity contribution >= 4 is 5.91 Å². The Labute approximate surface area is 129 Å². The molecule has 0 saturated carbocycles. The van der Waals surface area contributed by atoms with Crippen molar-refractivity contribution in [2.24, 2.45) is 0 Å². The van der Waals surface area contributed by atoms with E-state index in [-0.39, 0.29) is 11.9 Å². The first-order valence-corrected chi connectivity index (χ1v) is 7.49. The molecule has 0 atom stereocenters. The minimum Gasteiger partial charge on any atom is -0.496 e. The number of nitrogens with zero attached hydrogens (tertiary/aromatic N) is 4. The van der Waals surface area contributed by atoms with Gasteiger partial charge in [-0.05, 0) is 43.5 Å². The monoisotopic (exact) mass is 300 g/mol. The van der Waals surface area contributed by atoms with Gasteiger partial charge in [-0.1, -0.05) is 0 Å². The summed E-state index contributed by atoms with van der Waals surface area (Å²) in [4.78, 5) is 16.2. The highest BCUT2D eigenvalue weighted by Crippen LogP contribution is 2.24. The second-order valence-electron chi connectivity index (χ2n) is 5.56. The highest BCUT2D eigenvalue weighted by molar-refractivity contribution is 5.94. The van der Waals surface area contributed by atoms with Gasteiger partial charge in [0.25, 0.3) is 5.91 Å². The van der Waals surface area contributed by atoms with Gasteiger partial charge in [-0.25, -0.2) is 0 Å². The molecule has 0 radical (unpaired) electrons. The third-order valence-electron chi connectivity index (χ3n) is 4.16. The molecular formula is C16H20N4O2. The molecule has 0 aliphatic carbocycles. The van der Waals surface area contributed by atoms with Crippen molar-refractivity contribution < 1.29 is 9.53 Å². The van der Waals surface area contributed by atoms with Crippen LogP contribution in [0.3, 0.4) is 0 Å². The van der Waals surface area contributed by atoms with Crippen LogP contribution in [0.25, 0.3) is 0 Å². The van der Waals surface area contributed by atoms with Crippen LogP contribution in [0, 0.1) is 6.92 Å². The molecule has 0 bridgehead atoms. The molecule has 1 amide bonds. The van der Waals surface area contributed by atoms with Crippen LogP contribution in [-0.2, 0) is 0 Å². The number of hydrogen-bond donors (Lipinski definition) is 0. The number of carbonyl (C=O) groups is 1. The van der Waals surface area contributed by atoms with Crippen LogP contribution >= 0.6 is 0 Å². The van der Waals surface area contributed by atoms with E-state index in [1.54, 1.807) is 24.3 Å². The smallest absolute Gasteiger partial charge is 0.253 e. The molecule has 2 aromatic rings. The molecule has 1 aliphatic heterocycles. The summed E-state index contributed by atoms with van der Waals surface area (Å²) in [6.07, 6.45) is 5.15. The van der Waals surface area contributed by atoms with Gasteiger partial charge in [-0.15, -0.1) is 0 Å². The number of aromatic nitrogens is 3. The fourth-order valence-electron chi connectivity index (χ4n) is 2.91. The number of aryl methyl sites for hydroxylation is 1. The number of piperidine rings is 1. The van der Waals surface area contributed by atoms with Gasteiger partial charge in [0.05, 0.1) is 25.5 Å². The molecule has 6 heteroatoms. The summed E-state index contributed by atoms with van der Waals surface area (Å²) < 4.78 is 5.24. The third kappa shape index (κ3) is 2.81. The lowest BCUT2D eigenvalue weighted by molar-refractivity contribution is 0.0683. The maximum Gasteiger partial charge on any atom is 0.253 e. The van der Waals surface area contributed by atoms with Crippen LogP contribution in [0.4, 0.5) is 0 Å². The van der Waals surface area contributed by atoms with Crippen LogP contribution in [-0.4, -0.2) is 46.0 Å². The normalized spacial score (nSPS) is 15.8. The van der Waals surface area contributed by atoms with E-state index in [0.29, 0.717) is 5.56 Å². The van der Waals surface area contributed by atoms with Crippen molar-refractivity contribution in [1.82, 2.24) is 19.9 Å². The Bertz CT molecular complexity index is 646. The predicted octanol–water partition coefficient (Wildman–Crippen LogP) is 2.07. The average molecular weight is 300 g/mol. The molecule has 0 N–H and O–H groups in total. The first kappa shape index (κ1) is 14.6. The number of amides is 1. The third-order valence-corrected chi connectivity index (χ3v) is 4.16. The van der Waals surface area contributed by atoms with E-state index < -0.39 is 0 Å². The second kappa shape index (κ2) is 6.17. The number of hydrogen-bond acceptors (Lipinski definition) is 4. The van der Waals surface area contributed by atoms with Gasteiger partial charge in [0.2, 0.25) is 0 Å². The molecule has 1 aromatic carbocycles.